The Hall–Kier alpha value is -3.11. The molecule has 1 N–H and O–H groups in total. The number of benzene rings is 2. The highest BCUT2D eigenvalue weighted by Crippen LogP contribution is 2.37. The minimum atomic E-state index is -4.49. The van der Waals surface area contributed by atoms with Crippen LogP contribution in [0.3, 0.4) is 0 Å². The fourth-order valence-corrected chi connectivity index (χ4v) is 5.97. The first-order valence-corrected chi connectivity index (χ1v) is 14.8. The van der Waals surface area contributed by atoms with Crippen molar-refractivity contribution in [3.8, 4) is 11.1 Å². The molecule has 40 heavy (non-hydrogen) atoms. The number of allylic oxidation sites excluding steroid dienone is 1. The molecule has 6 nitrogen and oxygen atoms in total. The summed E-state index contributed by atoms with van der Waals surface area (Å²) in [5.41, 5.74) is 3.56. The molecule has 0 bridgehead atoms. The Labute approximate surface area is 234 Å². The largest absolute Gasteiger partial charge is 0.411 e. The first kappa shape index (κ1) is 31.4. The molecule has 10 heteroatoms. The average molecular weight is 579 g/mol. The zero-order chi connectivity index (χ0) is 29.5. The predicted octanol–water partition coefficient (Wildman–Crippen LogP) is 8.39. The zero-order valence-electron chi connectivity index (χ0n) is 23.4. The normalized spacial score (nSPS) is 12.9. The molecular weight excluding hydrogens is 541 g/mol. The van der Waals surface area contributed by atoms with Crippen molar-refractivity contribution < 1.29 is 30.8 Å². The van der Waals surface area contributed by atoms with Crippen molar-refractivity contribution in [2.75, 3.05) is 11.3 Å². The topological polar surface area (TPSA) is 81.4 Å². The molecule has 0 aliphatic carbocycles. The molecule has 0 fully saturated rings. The molecule has 0 aliphatic heterocycles. The van der Waals surface area contributed by atoms with E-state index in [1.54, 1.807) is 38.1 Å². The molecule has 0 radical (unpaired) electrons. The number of hydrogen-bond acceptors (Lipinski definition) is 5. The van der Waals surface area contributed by atoms with Crippen molar-refractivity contribution in [3.63, 3.8) is 0 Å². The Morgan fingerprint density at radius 1 is 1.05 bits per heavy atom. The molecule has 0 saturated carbocycles. The van der Waals surface area contributed by atoms with E-state index < -0.39 is 22.8 Å². The van der Waals surface area contributed by atoms with Gasteiger partial charge in [-0.25, -0.2) is 8.42 Å². The second kappa shape index (κ2) is 13.5. The van der Waals surface area contributed by atoms with E-state index in [2.05, 4.69) is 23.4 Å². The number of unbranched alkanes of at least 4 members (excludes halogenated alkanes) is 3. The quantitative estimate of drug-likeness (QED) is 0.153. The smallest absolute Gasteiger partial charge is 0.367 e. The minimum absolute atomic E-state index is 0.00583. The molecule has 0 amide bonds. The van der Waals surface area contributed by atoms with Crippen molar-refractivity contribution in [3.05, 3.63) is 77.1 Å². The van der Waals surface area contributed by atoms with Gasteiger partial charge >= 0.3 is 6.18 Å². The summed E-state index contributed by atoms with van der Waals surface area (Å²) < 4.78 is 78.6. The number of sulfonamides is 1. The van der Waals surface area contributed by atoms with Gasteiger partial charge in [0, 0.05) is 17.0 Å². The fourth-order valence-electron chi connectivity index (χ4n) is 4.69. The highest BCUT2D eigenvalue weighted by Gasteiger charge is 2.29. The molecule has 0 spiro atoms. The monoisotopic (exact) mass is 578 g/mol. The number of aromatic nitrogens is 1. The van der Waals surface area contributed by atoms with E-state index in [0.717, 1.165) is 43.2 Å². The lowest BCUT2D eigenvalue weighted by molar-refractivity contribution is -0.176. The molecule has 1 atom stereocenters. The lowest BCUT2D eigenvalue weighted by Crippen LogP contribution is -2.18. The average Bonchev–Trinajstić information content (AvgIpc) is 3.21. The first-order chi connectivity index (χ1) is 18.9. The van der Waals surface area contributed by atoms with Gasteiger partial charge in [-0.2, -0.15) is 13.2 Å². The van der Waals surface area contributed by atoms with Crippen LogP contribution in [0, 0.1) is 20.8 Å². The highest BCUT2D eigenvalue weighted by atomic mass is 32.2. The molecule has 1 unspecified atom stereocenters. The van der Waals surface area contributed by atoms with E-state index in [0.29, 0.717) is 28.0 Å². The minimum Gasteiger partial charge on any atom is -0.367 e. The summed E-state index contributed by atoms with van der Waals surface area (Å²) in [4.78, 5) is -0.0425. The Bertz CT molecular complexity index is 1410. The summed E-state index contributed by atoms with van der Waals surface area (Å²) in [5.74, 6) is 0.559. The highest BCUT2D eigenvalue weighted by molar-refractivity contribution is 7.92. The number of rotatable bonds is 14. The Morgan fingerprint density at radius 2 is 1.77 bits per heavy atom. The van der Waals surface area contributed by atoms with Crippen LogP contribution in [0.15, 0.2) is 58.5 Å². The van der Waals surface area contributed by atoms with E-state index in [1.807, 2.05) is 19.1 Å². The predicted molar refractivity (Wildman–Crippen MR) is 151 cm³/mol. The summed E-state index contributed by atoms with van der Waals surface area (Å²) in [6.07, 6.45) is 2.55. The summed E-state index contributed by atoms with van der Waals surface area (Å²) >= 11 is 0. The van der Waals surface area contributed by atoms with Gasteiger partial charge in [-0.3, -0.25) is 4.72 Å². The fraction of sp³-hybridized carbons (Fsp3) is 0.433. The van der Waals surface area contributed by atoms with Crippen LogP contribution in [0.4, 0.5) is 19.0 Å². The Morgan fingerprint density at radius 3 is 2.40 bits per heavy atom. The molecular formula is C30H37F3N2O4S. The van der Waals surface area contributed by atoms with Gasteiger partial charge < -0.3 is 9.26 Å². The molecule has 0 aliphatic rings. The van der Waals surface area contributed by atoms with Crippen LogP contribution in [-0.2, 0) is 21.4 Å². The van der Waals surface area contributed by atoms with E-state index in [9.17, 15) is 21.6 Å². The number of hydrogen-bond donors (Lipinski definition) is 1. The number of ether oxygens (including phenoxy) is 1. The van der Waals surface area contributed by atoms with Gasteiger partial charge in [0.1, 0.15) is 12.4 Å². The Balaban J connectivity index is 2.09. The van der Waals surface area contributed by atoms with Crippen molar-refractivity contribution in [2.45, 2.75) is 83.4 Å². The van der Waals surface area contributed by atoms with E-state index in [4.69, 9.17) is 9.26 Å². The van der Waals surface area contributed by atoms with Crippen molar-refractivity contribution in [1.29, 1.82) is 0 Å². The van der Waals surface area contributed by atoms with Crippen molar-refractivity contribution in [1.82, 2.24) is 5.16 Å². The maximum Gasteiger partial charge on any atom is 0.411 e. The van der Waals surface area contributed by atoms with Crippen LogP contribution in [0.25, 0.3) is 11.1 Å². The number of nitrogens with one attached hydrogen (secondary N) is 1. The third-order valence-corrected chi connectivity index (χ3v) is 8.46. The van der Waals surface area contributed by atoms with Crippen LogP contribution in [-0.4, -0.2) is 26.4 Å². The number of halogens is 3. The molecule has 1 aromatic heterocycles. The van der Waals surface area contributed by atoms with Crippen molar-refractivity contribution in [2.24, 2.45) is 0 Å². The third-order valence-electron chi connectivity index (χ3n) is 7.06. The van der Waals surface area contributed by atoms with Gasteiger partial charge in [-0.05, 0) is 55.5 Å². The van der Waals surface area contributed by atoms with Gasteiger partial charge in [-0.15, -0.1) is 6.58 Å². The second-order valence-corrected chi connectivity index (χ2v) is 11.6. The van der Waals surface area contributed by atoms with Crippen molar-refractivity contribution >= 4 is 15.8 Å². The number of aryl methyl sites for hydroxylation is 1. The summed E-state index contributed by atoms with van der Waals surface area (Å²) in [6, 6.07) is 10.0. The van der Waals surface area contributed by atoms with E-state index in [-0.39, 0.29) is 23.2 Å². The zero-order valence-corrected chi connectivity index (χ0v) is 24.2. The molecule has 0 saturated heterocycles. The van der Waals surface area contributed by atoms with Crippen LogP contribution >= 0.6 is 0 Å². The van der Waals surface area contributed by atoms with Gasteiger partial charge in [0.2, 0.25) is 0 Å². The van der Waals surface area contributed by atoms with Gasteiger partial charge in [0.25, 0.3) is 10.0 Å². The maximum atomic E-state index is 13.5. The summed E-state index contributed by atoms with van der Waals surface area (Å²) in [6.45, 7) is 9.59. The maximum absolute atomic E-state index is 13.5. The van der Waals surface area contributed by atoms with Crippen LogP contribution in [0.1, 0.15) is 73.0 Å². The van der Waals surface area contributed by atoms with E-state index >= 15 is 0 Å². The summed E-state index contributed by atoms with van der Waals surface area (Å²) in [7, 11) is -4.13. The lowest BCUT2D eigenvalue weighted by Gasteiger charge is -2.22. The lowest BCUT2D eigenvalue weighted by atomic mass is 9.85. The van der Waals surface area contributed by atoms with Gasteiger partial charge in [0.05, 0.1) is 11.5 Å². The SMILES string of the molecule is C=CC(CCCCCC)c1ccc(-c2ccccc2S(=O)(=O)Nc2noc(C)c2C)c(COCC(F)(F)F)c1C. The second-order valence-electron chi connectivity index (χ2n) is 9.92. The molecule has 3 aromatic rings. The molecule has 3 rings (SSSR count). The molecule has 2 aromatic carbocycles. The molecule has 1 heterocycles. The first-order valence-electron chi connectivity index (χ1n) is 13.3. The van der Waals surface area contributed by atoms with Gasteiger partial charge in [-0.1, -0.05) is 74.2 Å². The number of alkyl halides is 3. The van der Waals surface area contributed by atoms with E-state index in [1.165, 1.54) is 6.07 Å². The van der Waals surface area contributed by atoms with Crippen LogP contribution in [0.2, 0.25) is 0 Å². The number of nitrogens with zero attached hydrogens (tertiary/aromatic N) is 1. The molecule has 218 valence electrons. The van der Waals surface area contributed by atoms with Gasteiger partial charge in [0.15, 0.2) is 5.82 Å². The van der Waals surface area contributed by atoms with Crippen LogP contribution < -0.4 is 4.72 Å². The standard InChI is InChI=1S/C30H37F3N2O4S/c1-6-8-9-10-13-23(7-2)24-16-17-25(27(21(24)4)18-38-19-30(31,32)33)26-14-11-12-15-28(26)40(36,37)35-29-20(3)22(5)39-34-29/h7,11-12,14-17,23H,2,6,8-10,13,18-19H2,1,3-5H3,(H,34,35). The Kier molecular flexibility index (Phi) is 10.6. The summed E-state index contributed by atoms with van der Waals surface area (Å²) in [5, 5.41) is 3.80. The number of anilines is 1. The third kappa shape index (κ3) is 7.75. The van der Waals surface area contributed by atoms with Crippen LogP contribution in [0.5, 0.6) is 0 Å².